The Bertz CT molecular complexity index is 924. The van der Waals surface area contributed by atoms with Crippen LogP contribution in [0.3, 0.4) is 0 Å². The van der Waals surface area contributed by atoms with Crippen molar-refractivity contribution in [3.8, 4) is 0 Å². The Kier molecular flexibility index (Phi) is 6.69. The van der Waals surface area contributed by atoms with E-state index in [4.69, 9.17) is 9.73 Å². The van der Waals surface area contributed by atoms with Crippen LogP contribution in [-0.4, -0.2) is 59.6 Å². The van der Waals surface area contributed by atoms with Crippen molar-refractivity contribution in [2.45, 2.75) is 52.3 Å². The number of para-hydroxylation sites is 1. The number of hydrogen-bond acceptors (Lipinski definition) is 5. The second-order valence-electron chi connectivity index (χ2n) is 9.61. The molecule has 2 aromatic rings. The molecule has 2 fully saturated rings. The van der Waals surface area contributed by atoms with E-state index in [9.17, 15) is 0 Å². The van der Waals surface area contributed by atoms with Crippen molar-refractivity contribution in [3.05, 3.63) is 42.0 Å². The van der Waals surface area contributed by atoms with Crippen LogP contribution in [0, 0.1) is 18.3 Å². The van der Waals surface area contributed by atoms with Crippen LogP contribution in [0.5, 0.6) is 0 Å². The van der Waals surface area contributed by atoms with E-state index < -0.39 is 0 Å². The number of ether oxygens (including phenoxy) is 1. The van der Waals surface area contributed by atoms with E-state index in [0.29, 0.717) is 24.6 Å². The van der Waals surface area contributed by atoms with Gasteiger partial charge in [-0.05, 0) is 31.9 Å². The molecule has 4 rings (SSSR count). The minimum absolute atomic E-state index is 0.0957. The Balaban J connectivity index is 1.37. The summed E-state index contributed by atoms with van der Waals surface area (Å²) in [6, 6.07) is 10.8. The molecule has 174 valence electrons. The molecule has 32 heavy (non-hydrogen) atoms. The quantitative estimate of drug-likeness (QED) is 0.374. The van der Waals surface area contributed by atoms with Gasteiger partial charge in [0, 0.05) is 56.9 Å². The molecule has 2 N–H and O–H groups in total. The molecule has 2 heterocycles. The van der Waals surface area contributed by atoms with Crippen LogP contribution in [0.25, 0.3) is 0 Å². The molecule has 0 radical (unpaired) electrons. The van der Waals surface area contributed by atoms with Gasteiger partial charge in [0.1, 0.15) is 12.4 Å². The molecule has 1 aliphatic heterocycles. The molecule has 8 nitrogen and oxygen atoms in total. The third kappa shape index (κ3) is 4.60. The van der Waals surface area contributed by atoms with Gasteiger partial charge in [-0.25, -0.2) is 4.99 Å². The highest BCUT2D eigenvalue weighted by Gasteiger charge is 2.59. The van der Waals surface area contributed by atoms with Crippen molar-refractivity contribution in [2.24, 2.45) is 23.4 Å². The molecular weight excluding hydrogens is 402 g/mol. The van der Waals surface area contributed by atoms with Crippen molar-refractivity contribution in [1.82, 2.24) is 25.4 Å². The van der Waals surface area contributed by atoms with E-state index in [1.165, 1.54) is 5.69 Å². The Morgan fingerprint density at radius 2 is 2.06 bits per heavy atom. The number of hydrogen-bond donors (Lipinski definition) is 2. The van der Waals surface area contributed by atoms with E-state index in [2.05, 4.69) is 70.9 Å². The van der Waals surface area contributed by atoms with Gasteiger partial charge in [-0.3, -0.25) is 0 Å². The fourth-order valence-electron chi connectivity index (χ4n) is 4.99. The molecule has 2 aliphatic rings. The Labute approximate surface area is 191 Å². The van der Waals surface area contributed by atoms with Crippen LogP contribution >= 0.6 is 0 Å². The zero-order chi connectivity index (χ0) is 22.7. The number of nitrogens with zero attached hydrogens (tertiary/aromatic N) is 5. The first kappa shape index (κ1) is 22.6. The van der Waals surface area contributed by atoms with Crippen LogP contribution in [0.15, 0.2) is 35.3 Å². The molecule has 1 aromatic carbocycles. The average Bonchev–Trinajstić information content (AvgIpc) is 3.38. The van der Waals surface area contributed by atoms with E-state index in [0.717, 1.165) is 50.1 Å². The molecule has 8 heteroatoms. The lowest BCUT2D eigenvalue weighted by atomic mass is 9.57. The number of guanidine groups is 1. The SMILES string of the molecule is Cc1nnc(CN=C(NCCCN(C)c2ccccc2)NC2C3CCOC3C2(C)C)n1C. The topological polar surface area (TPSA) is 79.6 Å². The summed E-state index contributed by atoms with van der Waals surface area (Å²) in [5.41, 5.74) is 1.33. The number of benzene rings is 1. The largest absolute Gasteiger partial charge is 0.377 e. The molecule has 1 saturated heterocycles. The summed E-state index contributed by atoms with van der Waals surface area (Å²) in [6.07, 6.45) is 2.48. The van der Waals surface area contributed by atoms with Gasteiger partial charge in [0.05, 0.1) is 6.10 Å². The van der Waals surface area contributed by atoms with Gasteiger partial charge in [0.2, 0.25) is 0 Å². The maximum Gasteiger partial charge on any atom is 0.191 e. The average molecular weight is 440 g/mol. The van der Waals surface area contributed by atoms with Gasteiger partial charge in [0.25, 0.3) is 0 Å². The normalized spacial score (nSPS) is 24.0. The van der Waals surface area contributed by atoms with Crippen LogP contribution in [0.4, 0.5) is 5.69 Å². The van der Waals surface area contributed by atoms with Gasteiger partial charge < -0.3 is 24.8 Å². The first-order chi connectivity index (χ1) is 15.4. The van der Waals surface area contributed by atoms with Gasteiger partial charge >= 0.3 is 0 Å². The first-order valence-corrected chi connectivity index (χ1v) is 11.7. The summed E-state index contributed by atoms with van der Waals surface area (Å²) in [4.78, 5) is 7.14. The number of fused-ring (bicyclic) bond motifs is 1. The van der Waals surface area contributed by atoms with Crippen LogP contribution < -0.4 is 15.5 Å². The number of aromatic nitrogens is 3. The van der Waals surface area contributed by atoms with Gasteiger partial charge in [-0.2, -0.15) is 0 Å². The molecule has 0 bridgehead atoms. The fraction of sp³-hybridized carbons (Fsp3) is 0.625. The van der Waals surface area contributed by atoms with Gasteiger partial charge in [-0.15, -0.1) is 10.2 Å². The summed E-state index contributed by atoms with van der Waals surface area (Å²) in [6.45, 7) is 9.71. The van der Waals surface area contributed by atoms with E-state index in [-0.39, 0.29) is 5.41 Å². The molecule has 0 amide bonds. The van der Waals surface area contributed by atoms with Crippen molar-refractivity contribution < 1.29 is 4.74 Å². The lowest BCUT2D eigenvalue weighted by Crippen LogP contribution is -2.68. The third-order valence-electron chi connectivity index (χ3n) is 7.11. The van der Waals surface area contributed by atoms with Crippen molar-refractivity contribution in [2.75, 3.05) is 31.6 Å². The van der Waals surface area contributed by atoms with Crippen molar-refractivity contribution in [1.29, 1.82) is 0 Å². The minimum atomic E-state index is 0.0957. The summed E-state index contributed by atoms with van der Waals surface area (Å²) in [5.74, 6) is 3.16. The van der Waals surface area contributed by atoms with E-state index in [1.807, 2.05) is 24.6 Å². The summed E-state index contributed by atoms with van der Waals surface area (Å²) in [7, 11) is 4.12. The first-order valence-electron chi connectivity index (χ1n) is 11.7. The zero-order valence-electron chi connectivity index (χ0n) is 20.0. The highest BCUT2D eigenvalue weighted by Crippen LogP contribution is 2.52. The highest BCUT2D eigenvalue weighted by molar-refractivity contribution is 5.80. The fourth-order valence-corrected chi connectivity index (χ4v) is 4.99. The summed E-state index contributed by atoms with van der Waals surface area (Å²) >= 11 is 0. The molecule has 1 aromatic heterocycles. The maximum atomic E-state index is 5.97. The Morgan fingerprint density at radius 1 is 1.28 bits per heavy atom. The number of aliphatic imine (C=N–C) groups is 1. The lowest BCUT2D eigenvalue weighted by molar-refractivity contribution is -0.106. The predicted molar refractivity (Wildman–Crippen MR) is 128 cm³/mol. The maximum absolute atomic E-state index is 5.97. The number of anilines is 1. The Morgan fingerprint density at radius 3 is 2.78 bits per heavy atom. The standard InChI is InChI=1S/C24H37N7O/c1-17-28-29-20(31(17)5)16-26-23(27-21-19-12-15-32-22(19)24(21,2)3)25-13-9-14-30(4)18-10-7-6-8-11-18/h6-8,10-11,19,21-22H,9,12-16H2,1-5H3,(H2,25,26,27). The van der Waals surface area contributed by atoms with E-state index in [1.54, 1.807) is 0 Å². The number of rotatable bonds is 8. The van der Waals surface area contributed by atoms with Crippen molar-refractivity contribution in [3.63, 3.8) is 0 Å². The van der Waals surface area contributed by atoms with E-state index >= 15 is 0 Å². The van der Waals surface area contributed by atoms with Gasteiger partial charge in [-0.1, -0.05) is 32.0 Å². The van der Waals surface area contributed by atoms with Crippen LogP contribution in [0.2, 0.25) is 0 Å². The zero-order valence-corrected chi connectivity index (χ0v) is 20.0. The second-order valence-corrected chi connectivity index (χ2v) is 9.61. The van der Waals surface area contributed by atoms with Crippen molar-refractivity contribution >= 4 is 11.6 Å². The van der Waals surface area contributed by atoms with Crippen LogP contribution in [0.1, 0.15) is 38.3 Å². The second kappa shape index (κ2) is 9.48. The smallest absolute Gasteiger partial charge is 0.191 e. The lowest BCUT2D eigenvalue weighted by Gasteiger charge is -2.54. The third-order valence-corrected chi connectivity index (χ3v) is 7.11. The Hall–Kier alpha value is -2.61. The summed E-state index contributed by atoms with van der Waals surface area (Å²) < 4.78 is 7.96. The molecule has 0 spiro atoms. The minimum Gasteiger partial charge on any atom is -0.377 e. The van der Waals surface area contributed by atoms with Gasteiger partial charge in [0.15, 0.2) is 11.8 Å². The summed E-state index contributed by atoms with van der Waals surface area (Å²) in [5, 5.41) is 15.7. The molecule has 1 aliphatic carbocycles. The molecule has 3 unspecified atom stereocenters. The van der Waals surface area contributed by atoms with Crippen LogP contribution in [-0.2, 0) is 18.3 Å². The predicted octanol–water partition coefficient (Wildman–Crippen LogP) is 2.50. The molecule has 1 saturated carbocycles. The number of nitrogens with one attached hydrogen (secondary N) is 2. The monoisotopic (exact) mass is 439 g/mol. The number of aryl methyl sites for hydroxylation is 1. The molecular formula is C24H37N7O. The highest BCUT2D eigenvalue weighted by atomic mass is 16.5. The molecule has 3 atom stereocenters.